The lowest BCUT2D eigenvalue weighted by atomic mass is 9.66. The molecule has 0 saturated carbocycles. The molecule has 2 atom stereocenters. The SMILES string of the molecule is C=C1NC2=C(C(=O)CC(C)(C)C2)C(c2ccc(I)cc2)C1C(=O)OC(C)C. The summed E-state index contributed by atoms with van der Waals surface area (Å²) in [5.74, 6) is -1.21. The lowest BCUT2D eigenvalue weighted by Crippen LogP contribution is -2.44. The molecule has 2 unspecified atom stereocenters. The Bertz CT molecular complexity index is 820. The predicted molar refractivity (Wildman–Crippen MR) is 114 cm³/mol. The first-order chi connectivity index (χ1) is 12.6. The predicted octanol–water partition coefficient (Wildman–Crippen LogP) is 4.70. The number of ether oxygens (including phenoxy) is 1. The Morgan fingerprint density at radius 3 is 2.48 bits per heavy atom. The van der Waals surface area contributed by atoms with E-state index in [1.165, 1.54) is 0 Å². The van der Waals surface area contributed by atoms with Gasteiger partial charge in [0.2, 0.25) is 0 Å². The van der Waals surface area contributed by atoms with E-state index in [-0.39, 0.29) is 29.2 Å². The number of ketones is 1. The number of nitrogens with one attached hydrogen (secondary N) is 1. The van der Waals surface area contributed by atoms with E-state index in [9.17, 15) is 9.59 Å². The fraction of sp³-hybridized carbons (Fsp3) is 0.455. The van der Waals surface area contributed by atoms with Crippen LogP contribution in [0.4, 0.5) is 0 Å². The summed E-state index contributed by atoms with van der Waals surface area (Å²) < 4.78 is 6.62. The molecule has 4 nitrogen and oxygen atoms in total. The van der Waals surface area contributed by atoms with E-state index in [1.807, 2.05) is 38.1 Å². The smallest absolute Gasteiger partial charge is 0.316 e. The molecular weight excluding hydrogens is 453 g/mol. The standard InChI is InChI=1S/C22H26INO3/c1-12(2)27-21(26)18-13(3)24-16-10-22(4,5)11-17(25)20(16)19(18)14-6-8-15(23)9-7-14/h6-9,12,18-19,24H,3,10-11H2,1-2,4-5H3. The van der Waals surface area contributed by atoms with Crippen molar-refractivity contribution in [2.24, 2.45) is 11.3 Å². The second-order valence-corrected chi connectivity index (χ2v) is 9.72. The highest BCUT2D eigenvalue weighted by Crippen LogP contribution is 2.48. The molecule has 27 heavy (non-hydrogen) atoms. The second-order valence-electron chi connectivity index (χ2n) is 8.48. The second kappa shape index (κ2) is 7.41. The average Bonchev–Trinajstić information content (AvgIpc) is 2.52. The molecule has 2 aliphatic rings. The third-order valence-corrected chi connectivity index (χ3v) is 5.81. The number of carbonyl (C=O) groups excluding carboxylic acids is 2. The van der Waals surface area contributed by atoms with Gasteiger partial charge in [0.25, 0.3) is 0 Å². The molecule has 0 amide bonds. The van der Waals surface area contributed by atoms with Crippen LogP contribution in [0.25, 0.3) is 0 Å². The maximum absolute atomic E-state index is 13.1. The van der Waals surface area contributed by atoms with E-state index in [0.29, 0.717) is 17.7 Å². The van der Waals surface area contributed by atoms with Crippen LogP contribution < -0.4 is 5.32 Å². The topological polar surface area (TPSA) is 55.4 Å². The third-order valence-electron chi connectivity index (χ3n) is 5.09. The van der Waals surface area contributed by atoms with Gasteiger partial charge in [-0.2, -0.15) is 0 Å². The van der Waals surface area contributed by atoms with Gasteiger partial charge in [-0.25, -0.2) is 0 Å². The summed E-state index contributed by atoms with van der Waals surface area (Å²) in [6.45, 7) is 12.0. The van der Waals surface area contributed by atoms with Crippen LogP contribution in [0, 0.1) is 14.9 Å². The summed E-state index contributed by atoms with van der Waals surface area (Å²) in [4.78, 5) is 26.0. The van der Waals surface area contributed by atoms with Crippen LogP contribution in [0.1, 0.15) is 52.0 Å². The van der Waals surface area contributed by atoms with Crippen molar-refractivity contribution in [3.63, 3.8) is 0 Å². The third kappa shape index (κ3) is 4.13. The zero-order chi connectivity index (χ0) is 19.9. The van der Waals surface area contributed by atoms with E-state index in [1.54, 1.807) is 0 Å². The Morgan fingerprint density at radius 2 is 1.89 bits per heavy atom. The monoisotopic (exact) mass is 479 g/mol. The summed E-state index contributed by atoms with van der Waals surface area (Å²) in [5.41, 5.74) is 3.07. The summed E-state index contributed by atoms with van der Waals surface area (Å²) in [6, 6.07) is 8.00. The molecule has 3 rings (SSSR count). The summed E-state index contributed by atoms with van der Waals surface area (Å²) in [5, 5.41) is 3.28. The van der Waals surface area contributed by atoms with Crippen LogP contribution in [-0.2, 0) is 14.3 Å². The quantitative estimate of drug-likeness (QED) is 0.505. The number of halogens is 1. The van der Waals surface area contributed by atoms with Crippen molar-refractivity contribution in [1.82, 2.24) is 5.32 Å². The molecule has 1 aliphatic heterocycles. The van der Waals surface area contributed by atoms with Crippen molar-refractivity contribution in [3.05, 3.63) is 56.9 Å². The van der Waals surface area contributed by atoms with Crippen LogP contribution in [-0.4, -0.2) is 17.9 Å². The molecular formula is C22H26INO3. The zero-order valence-corrected chi connectivity index (χ0v) is 18.4. The van der Waals surface area contributed by atoms with E-state index in [0.717, 1.165) is 21.3 Å². The van der Waals surface area contributed by atoms with Crippen molar-refractivity contribution in [2.45, 2.75) is 52.6 Å². The number of Topliss-reactive ketones (excluding diaryl/α,β-unsaturated/α-hetero) is 1. The molecule has 0 saturated heterocycles. The molecule has 0 bridgehead atoms. The molecule has 5 heteroatoms. The molecule has 144 valence electrons. The summed E-state index contributed by atoms with van der Waals surface area (Å²) in [6.07, 6.45) is 1.02. The number of hydrogen-bond donors (Lipinski definition) is 1. The van der Waals surface area contributed by atoms with Crippen LogP contribution >= 0.6 is 22.6 Å². The first-order valence-corrected chi connectivity index (χ1v) is 10.3. The number of hydrogen-bond acceptors (Lipinski definition) is 4. The van der Waals surface area contributed by atoms with Gasteiger partial charge in [0.15, 0.2) is 5.78 Å². The lowest BCUT2D eigenvalue weighted by molar-refractivity contribution is -0.151. The van der Waals surface area contributed by atoms with Gasteiger partial charge in [-0.05, 0) is 66.0 Å². The highest BCUT2D eigenvalue weighted by atomic mass is 127. The Morgan fingerprint density at radius 1 is 1.26 bits per heavy atom. The normalized spacial score (nSPS) is 24.5. The van der Waals surface area contributed by atoms with Gasteiger partial charge in [0, 0.05) is 32.9 Å². The maximum atomic E-state index is 13.1. The minimum absolute atomic E-state index is 0.104. The highest BCUT2D eigenvalue weighted by Gasteiger charge is 2.46. The lowest BCUT2D eigenvalue weighted by Gasteiger charge is -2.42. The molecule has 0 fully saturated rings. The number of esters is 1. The average molecular weight is 479 g/mol. The van der Waals surface area contributed by atoms with E-state index >= 15 is 0 Å². The Kier molecular flexibility index (Phi) is 5.52. The van der Waals surface area contributed by atoms with Gasteiger partial charge in [-0.3, -0.25) is 9.59 Å². The molecule has 0 spiro atoms. The molecule has 1 aliphatic carbocycles. The minimum atomic E-state index is -0.614. The number of allylic oxidation sites excluding steroid dienone is 2. The fourth-order valence-electron chi connectivity index (χ4n) is 4.06. The molecule has 0 aromatic heterocycles. The van der Waals surface area contributed by atoms with Crippen molar-refractivity contribution in [2.75, 3.05) is 0 Å². The van der Waals surface area contributed by atoms with Crippen LogP contribution in [0.2, 0.25) is 0 Å². The van der Waals surface area contributed by atoms with Gasteiger partial charge in [-0.15, -0.1) is 0 Å². The van der Waals surface area contributed by atoms with Gasteiger partial charge < -0.3 is 10.1 Å². The summed E-state index contributed by atoms with van der Waals surface area (Å²) in [7, 11) is 0. The van der Waals surface area contributed by atoms with Gasteiger partial charge in [0.05, 0.1) is 6.10 Å². The number of rotatable bonds is 3. The molecule has 1 aromatic rings. The van der Waals surface area contributed by atoms with Gasteiger partial charge in [0.1, 0.15) is 5.92 Å². The van der Waals surface area contributed by atoms with Crippen LogP contribution in [0.15, 0.2) is 47.8 Å². The molecule has 0 radical (unpaired) electrons. The van der Waals surface area contributed by atoms with E-state index in [4.69, 9.17) is 4.74 Å². The first kappa shape index (κ1) is 20.1. The van der Waals surface area contributed by atoms with Crippen molar-refractivity contribution in [1.29, 1.82) is 0 Å². The fourth-order valence-corrected chi connectivity index (χ4v) is 4.42. The van der Waals surface area contributed by atoms with E-state index in [2.05, 4.69) is 48.3 Å². The Hall–Kier alpha value is -1.63. The van der Waals surface area contributed by atoms with E-state index < -0.39 is 5.92 Å². The van der Waals surface area contributed by atoms with Crippen LogP contribution in [0.5, 0.6) is 0 Å². The van der Waals surface area contributed by atoms with Crippen molar-refractivity contribution < 1.29 is 14.3 Å². The largest absolute Gasteiger partial charge is 0.462 e. The van der Waals surface area contributed by atoms with Crippen molar-refractivity contribution >= 4 is 34.3 Å². The first-order valence-electron chi connectivity index (χ1n) is 9.27. The Balaban J connectivity index is 2.14. The molecule has 1 heterocycles. The van der Waals surface area contributed by atoms with Crippen LogP contribution in [0.3, 0.4) is 0 Å². The number of benzene rings is 1. The summed E-state index contributed by atoms with van der Waals surface area (Å²) >= 11 is 2.25. The molecule has 1 aromatic carbocycles. The zero-order valence-electron chi connectivity index (χ0n) is 16.3. The maximum Gasteiger partial charge on any atom is 0.316 e. The van der Waals surface area contributed by atoms with Gasteiger partial charge in [-0.1, -0.05) is 32.6 Å². The van der Waals surface area contributed by atoms with Crippen molar-refractivity contribution in [3.8, 4) is 0 Å². The highest BCUT2D eigenvalue weighted by molar-refractivity contribution is 14.1. The number of carbonyl (C=O) groups is 2. The minimum Gasteiger partial charge on any atom is -0.462 e. The molecule has 1 N–H and O–H groups in total. The van der Waals surface area contributed by atoms with Gasteiger partial charge >= 0.3 is 5.97 Å². The Labute approximate surface area is 174 Å².